The molecular formula is C28H34F6N2O2. The number of likely N-dealkylation sites (tertiary alicyclic amines) is 1. The highest BCUT2D eigenvalue weighted by Crippen LogP contribution is 2.38. The number of ether oxygens (including phenoxy) is 1. The molecule has 3 rings (SSSR count). The van der Waals surface area contributed by atoms with Crippen molar-refractivity contribution in [2.45, 2.75) is 56.6 Å². The predicted molar refractivity (Wildman–Crippen MR) is 133 cm³/mol. The number of carbonyl (C=O) groups excluding carboxylic acids is 1. The van der Waals surface area contributed by atoms with Crippen LogP contribution in [0.25, 0.3) is 0 Å². The Kier molecular flexibility index (Phi) is 9.65. The van der Waals surface area contributed by atoms with Crippen molar-refractivity contribution in [3.05, 3.63) is 70.8 Å². The number of carbonyl (C=O) groups is 1. The molecule has 210 valence electrons. The quantitative estimate of drug-likeness (QED) is 0.335. The van der Waals surface area contributed by atoms with E-state index in [0.717, 1.165) is 5.56 Å². The van der Waals surface area contributed by atoms with Crippen molar-refractivity contribution < 1.29 is 35.9 Å². The van der Waals surface area contributed by atoms with Crippen LogP contribution in [0.4, 0.5) is 26.3 Å². The van der Waals surface area contributed by atoms with Crippen LogP contribution >= 0.6 is 0 Å². The lowest BCUT2D eigenvalue weighted by molar-refractivity contribution is -0.143. The molecule has 10 heteroatoms. The van der Waals surface area contributed by atoms with E-state index in [2.05, 4.69) is 4.90 Å². The summed E-state index contributed by atoms with van der Waals surface area (Å²) in [7, 11) is 3.75. The van der Waals surface area contributed by atoms with Crippen LogP contribution < -0.4 is 0 Å². The van der Waals surface area contributed by atoms with Gasteiger partial charge in [0.1, 0.15) is 0 Å². The molecule has 1 saturated heterocycles. The minimum Gasteiger partial charge on any atom is -0.376 e. The largest absolute Gasteiger partial charge is 0.416 e. The molecular weight excluding hydrogens is 510 g/mol. The minimum absolute atomic E-state index is 0.116. The minimum atomic E-state index is -4.91. The molecule has 1 atom stereocenters. The molecule has 0 amide bonds. The van der Waals surface area contributed by atoms with Crippen molar-refractivity contribution in [1.82, 2.24) is 9.80 Å². The molecule has 0 spiro atoms. The van der Waals surface area contributed by atoms with Gasteiger partial charge in [-0.3, -0.25) is 14.6 Å². The topological polar surface area (TPSA) is 32.8 Å². The number of halogens is 6. The summed E-state index contributed by atoms with van der Waals surface area (Å²) in [5.74, 6) is 0.144. The summed E-state index contributed by atoms with van der Waals surface area (Å²) in [5, 5.41) is 0. The van der Waals surface area contributed by atoms with Gasteiger partial charge in [-0.15, -0.1) is 0 Å². The Morgan fingerprint density at radius 3 is 2.00 bits per heavy atom. The van der Waals surface area contributed by atoms with Gasteiger partial charge < -0.3 is 4.74 Å². The summed E-state index contributed by atoms with van der Waals surface area (Å²) in [6.45, 7) is 3.28. The Morgan fingerprint density at radius 1 is 0.974 bits per heavy atom. The van der Waals surface area contributed by atoms with E-state index in [1.165, 1.54) is 0 Å². The summed E-state index contributed by atoms with van der Waals surface area (Å²) in [6.07, 6.45) is -7.82. The highest BCUT2D eigenvalue weighted by atomic mass is 19.4. The first kappa shape index (κ1) is 30.1. The van der Waals surface area contributed by atoms with Crippen molar-refractivity contribution in [2.75, 3.05) is 40.3 Å². The monoisotopic (exact) mass is 544 g/mol. The van der Waals surface area contributed by atoms with Crippen LogP contribution in [0.2, 0.25) is 0 Å². The third kappa shape index (κ3) is 7.57. The second-order valence-corrected chi connectivity index (χ2v) is 10.2. The molecule has 2 aromatic rings. The van der Waals surface area contributed by atoms with Crippen LogP contribution in [0.5, 0.6) is 0 Å². The van der Waals surface area contributed by atoms with Gasteiger partial charge in [0.05, 0.1) is 36.9 Å². The Labute approximate surface area is 219 Å². The Hall–Kier alpha value is -2.43. The zero-order valence-corrected chi connectivity index (χ0v) is 21.8. The van der Waals surface area contributed by atoms with Crippen molar-refractivity contribution in [2.24, 2.45) is 0 Å². The second kappa shape index (κ2) is 12.2. The van der Waals surface area contributed by atoms with Crippen molar-refractivity contribution in [1.29, 1.82) is 0 Å². The molecule has 4 nitrogen and oxygen atoms in total. The highest BCUT2D eigenvalue weighted by Gasteiger charge is 2.39. The van der Waals surface area contributed by atoms with Crippen LogP contribution in [0, 0.1) is 0 Å². The highest BCUT2D eigenvalue weighted by molar-refractivity contribution is 5.85. The number of hydrogen-bond acceptors (Lipinski definition) is 4. The van der Waals surface area contributed by atoms with Gasteiger partial charge in [-0.1, -0.05) is 37.3 Å². The van der Waals surface area contributed by atoms with Gasteiger partial charge in [0, 0.05) is 5.41 Å². The lowest BCUT2D eigenvalue weighted by atomic mass is 9.73. The number of ketones is 1. The number of Topliss-reactive ketones (excluding diaryl/α,β-unsaturated/α-hetero) is 1. The molecule has 0 N–H and O–H groups in total. The number of hydrogen-bond donors (Lipinski definition) is 0. The van der Waals surface area contributed by atoms with Gasteiger partial charge in [-0.25, -0.2) is 0 Å². The summed E-state index contributed by atoms with van der Waals surface area (Å²) in [5.41, 5.74) is -2.38. The van der Waals surface area contributed by atoms with Gasteiger partial charge in [0.25, 0.3) is 0 Å². The molecule has 0 aromatic heterocycles. The van der Waals surface area contributed by atoms with Crippen LogP contribution in [-0.2, 0) is 33.9 Å². The molecule has 1 fully saturated rings. The number of nitrogens with zero attached hydrogens (tertiary/aromatic N) is 2. The standard InChI is InChI=1S/C28H34F6N2O2/c1-4-24(35(2)3)25(37)17-36-12-10-26(11-13-36,21-8-6-5-7-9-21)19-38-18-20-14-22(27(29,30)31)16-23(15-20)28(32,33)34/h5-9,14-16,24H,4,10-13,17-19H2,1-3H3. The van der Waals surface area contributed by atoms with Gasteiger partial charge >= 0.3 is 12.4 Å². The third-order valence-electron chi connectivity index (χ3n) is 7.26. The summed E-state index contributed by atoms with van der Waals surface area (Å²) in [6, 6.07) is 10.9. The van der Waals surface area contributed by atoms with E-state index in [1.807, 2.05) is 56.3 Å². The summed E-state index contributed by atoms with van der Waals surface area (Å²) < 4.78 is 85.2. The lowest BCUT2D eigenvalue weighted by Gasteiger charge is -2.42. The number of piperidine rings is 1. The Bertz CT molecular complexity index is 1030. The van der Waals surface area contributed by atoms with Crippen LogP contribution in [0.3, 0.4) is 0 Å². The molecule has 1 heterocycles. The fourth-order valence-corrected chi connectivity index (χ4v) is 5.12. The molecule has 1 aliphatic rings. The molecule has 1 aliphatic heterocycles. The molecule has 0 bridgehead atoms. The van der Waals surface area contributed by atoms with Crippen molar-refractivity contribution >= 4 is 5.78 Å². The summed E-state index contributed by atoms with van der Waals surface area (Å²) in [4.78, 5) is 16.8. The predicted octanol–water partition coefficient (Wildman–Crippen LogP) is 6.18. The fraction of sp³-hybridized carbons (Fsp3) is 0.536. The smallest absolute Gasteiger partial charge is 0.376 e. The summed E-state index contributed by atoms with van der Waals surface area (Å²) >= 11 is 0. The molecule has 38 heavy (non-hydrogen) atoms. The first-order valence-corrected chi connectivity index (χ1v) is 12.6. The fourth-order valence-electron chi connectivity index (χ4n) is 5.12. The maximum atomic E-state index is 13.2. The van der Waals surface area contributed by atoms with Gasteiger partial charge in [0.15, 0.2) is 5.78 Å². The third-order valence-corrected chi connectivity index (χ3v) is 7.26. The van der Waals surface area contributed by atoms with Crippen molar-refractivity contribution in [3.8, 4) is 0 Å². The molecule has 0 saturated carbocycles. The maximum absolute atomic E-state index is 13.2. The number of benzene rings is 2. The van der Waals surface area contributed by atoms with Gasteiger partial charge in [-0.2, -0.15) is 26.3 Å². The lowest BCUT2D eigenvalue weighted by Crippen LogP contribution is -2.49. The Balaban J connectivity index is 1.74. The van der Waals surface area contributed by atoms with E-state index in [0.29, 0.717) is 51.0 Å². The van der Waals surface area contributed by atoms with Crippen LogP contribution in [0.15, 0.2) is 48.5 Å². The molecule has 0 radical (unpaired) electrons. The van der Waals surface area contributed by atoms with Gasteiger partial charge in [-0.05, 0) is 75.8 Å². The SMILES string of the molecule is CCC(C(=O)CN1CCC(COCc2cc(C(F)(F)F)cc(C(F)(F)F)c2)(c2ccccc2)CC1)N(C)C. The first-order valence-electron chi connectivity index (χ1n) is 12.6. The van der Waals surface area contributed by atoms with E-state index in [9.17, 15) is 31.1 Å². The zero-order valence-electron chi connectivity index (χ0n) is 21.8. The van der Waals surface area contributed by atoms with E-state index >= 15 is 0 Å². The average Bonchev–Trinajstić information content (AvgIpc) is 2.85. The first-order chi connectivity index (χ1) is 17.7. The van der Waals surface area contributed by atoms with Crippen LogP contribution in [0.1, 0.15) is 48.4 Å². The normalized spacial score (nSPS) is 17.5. The number of alkyl halides is 6. The van der Waals surface area contributed by atoms with E-state index in [-0.39, 0.29) is 36.7 Å². The van der Waals surface area contributed by atoms with Crippen molar-refractivity contribution in [3.63, 3.8) is 0 Å². The van der Waals surface area contributed by atoms with E-state index < -0.39 is 28.9 Å². The average molecular weight is 545 g/mol. The van der Waals surface area contributed by atoms with Gasteiger partial charge in [0.2, 0.25) is 0 Å². The molecule has 2 aromatic carbocycles. The molecule has 1 unspecified atom stereocenters. The number of likely N-dealkylation sites (N-methyl/N-ethyl adjacent to an activating group) is 1. The van der Waals surface area contributed by atoms with E-state index in [4.69, 9.17) is 4.74 Å². The van der Waals surface area contributed by atoms with E-state index in [1.54, 1.807) is 0 Å². The van der Waals surface area contributed by atoms with Crippen LogP contribution in [-0.4, -0.2) is 62.0 Å². The number of rotatable bonds is 10. The zero-order chi connectivity index (χ0) is 28.1. The molecule has 0 aliphatic carbocycles. The maximum Gasteiger partial charge on any atom is 0.416 e. The Morgan fingerprint density at radius 2 is 1.53 bits per heavy atom. The second-order valence-electron chi connectivity index (χ2n) is 10.2.